The standard InChI is InChI=1S/C18H15N.2C17H14N2.C11H10N2.3C10H9N3/c1-14-12-17(15-8-4-2-5-9-15)13-18(19-14)16-10-6-3-7-11-16;1-13-11-15(14-7-3-2-4-8-14)12-17(19-13)16-9-5-6-10-18-16;1-13-10-16(14-6-3-2-4-7-14)11-17(19-13)15-8-5-9-18-12-15;1-9-7-12-11(13-8-9)10-5-3-2-4-6-10;1-8-6-12-10(13-7-8)9-2-4-11-5-3-9;1-8-5-12-10(13-6-8)9-3-2-4-11-7-9;1-8-6-12-10(13-7-8)9-4-2-3-5-11-9/h2-13H,1H3;2*2-12H,1H3;2-8H,1H3;3*2-7H,1H3. The van der Waals surface area contributed by atoms with E-state index in [0.29, 0.717) is 5.82 Å². The number of rotatable bonds is 10. The average Bonchev–Trinajstić information content (AvgIpc) is 0.838. The summed E-state index contributed by atoms with van der Waals surface area (Å²) >= 11 is 0. The Hall–Kier alpha value is -14.4. The fraction of sp³-hybridized carbons (Fsp3) is 0.0753. The summed E-state index contributed by atoms with van der Waals surface area (Å²) in [5, 5.41) is 0. The van der Waals surface area contributed by atoms with Crippen molar-refractivity contribution in [2.24, 2.45) is 0 Å². The van der Waals surface area contributed by atoms with E-state index in [2.05, 4.69) is 189 Å². The molecule has 12 aromatic heterocycles. The van der Waals surface area contributed by atoms with Crippen molar-refractivity contribution in [2.45, 2.75) is 48.5 Å². The molecule has 5 aromatic carbocycles. The zero-order chi connectivity index (χ0) is 75.6. The first-order valence-electron chi connectivity index (χ1n) is 35.3. The summed E-state index contributed by atoms with van der Waals surface area (Å²) in [6.45, 7) is 13.9. The lowest BCUT2D eigenvalue weighted by molar-refractivity contribution is 1.11. The van der Waals surface area contributed by atoms with Gasteiger partial charge in [0.25, 0.3) is 0 Å². The lowest BCUT2D eigenvalue weighted by Crippen LogP contribution is -1.91. The third kappa shape index (κ3) is 23.8. The van der Waals surface area contributed by atoms with Crippen LogP contribution in [0.4, 0.5) is 0 Å². The van der Waals surface area contributed by atoms with Gasteiger partial charge < -0.3 is 0 Å². The van der Waals surface area contributed by atoms with E-state index >= 15 is 0 Å². The second-order valence-electron chi connectivity index (χ2n) is 25.0. The van der Waals surface area contributed by atoms with Crippen LogP contribution in [0.25, 0.3) is 113 Å². The molecule has 12 heterocycles. The Kier molecular flexibility index (Phi) is 27.8. The van der Waals surface area contributed by atoms with Gasteiger partial charge in [0.15, 0.2) is 23.3 Å². The number of nitrogens with zero attached hydrogens (tertiary/aromatic N) is 16. The summed E-state index contributed by atoms with van der Waals surface area (Å²) in [5.74, 6) is 2.92. The quantitative estimate of drug-likeness (QED) is 0.125. The van der Waals surface area contributed by atoms with Gasteiger partial charge in [-0.2, -0.15) is 0 Å². The van der Waals surface area contributed by atoms with Crippen LogP contribution in [-0.2, 0) is 0 Å². The first-order chi connectivity index (χ1) is 53.4. The lowest BCUT2D eigenvalue weighted by atomic mass is 10.0. The predicted molar refractivity (Wildman–Crippen MR) is 437 cm³/mol. The highest BCUT2D eigenvalue weighted by atomic mass is 14.9. The number of pyridine rings is 8. The second-order valence-corrected chi connectivity index (χ2v) is 25.0. The van der Waals surface area contributed by atoms with E-state index in [1.165, 1.54) is 33.4 Å². The highest BCUT2D eigenvalue weighted by Crippen LogP contribution is 2.29. The molecule has 0 aliphatic carbocycles. The average molecular weight is 1420 g/mol. The maximum atomic E-state index is 4.63. The summed E-state index contributed by atoms with van der Waals surface area (Å²) in [4.78, 5) is 68.0. The first kappa shape index (κ1) is 75.8. The molecule has 0 saturated heterocycles. The first-order valence-corrected chi connectivity index (χ1v) is 35.3. The zero-order valence-electron chi connectivity index (χ0n) is 61.7. The van der Waals surface area contributed by atoms with Crippen LogP contribution in [0.5, 0.6) is 0 Å². The van der Waals surface area contributed by atoms with Crippen LogP contribution in [0.2, 0.25) is 0 Å². The van der Waals surface area contributed by atoms with Gasteiger partial charge in [0.2, 0.25) is 0 Å². The van der Waals surface area contributed by atoms with Crippen LogP contribution in [0, 0.1) is 48.5 Å². The molecule has 0 amide bonds. The summed E-state index contributed by atoms with van der Waals surface area (Å²) in [6, 6.07) is 87.2. The molecule has 0 saturated carbocycles. The van der Waals surface area contributed by atoms with Crippen molar-refractivity contribution in [1.29, 1.82) is 0 Å². The number of aryl methyl sites for hydroxylation is 7. The number of hydrogen-bond acceptors (Lipinski definition) is 16. The fourth-order valence-corrected chi connectivity index (χ4v) is 10.7. The Balaban J connectivity index is 0.000000127. The van der Waals surface area contributed by atoms with E-state index in [-0.39, 0.29) is 0 Å². The maximum Gasteiger partial charge on any atom is 0.178 e. The molecule has 532 valence electrons. The van der Waals surface area contributed by atoms with E-state index in [1.807, 2.05) is 231 Å². The molecular weight excluding hydrogens is 1340 g/mol. The Labute approximate surface area is 636 Å². The Bertz CT molecular complexity index is 4690. The van der Waals surface area contributed by atoms with Gasteiger partial charge in [0.05, 0.1) is 22.8 Å². The molecule has 0 radical (unpaired) electrons. The van der Waals surface area contributed by atoms with Crippen LogP contribution in [0.15, 0.2) is 360 Å². The highest BCUT2D eigenvalue weighted by molar-refractivity contribution is 5.73. The Morgan fingerprint density at radius 1 is 0.165 bits per heavy atom. The number of aromatic nitrogens is 16. The third-order valence-corrected chi connectivity index (χ3v) is 16.0. The third-order valence-electron chi connectivity index (χ3n) is 16.0. The van der Waals surface area contributed by atoms with Gasteiger partial charge in [-0.05, 0) is 201 Å². The van der Waals surface area contributed by atoms with Crippen LogP contribution < -0.4 is 0 Å². The summed E-state index contributed by atoms with van der Waals surface area (Å²) < 4.78 is 0. The highest BCUT2D eigenvalue weighted by Gasteiger charge is 2.10. The molecule has 16 nitrogen and oxygen atoms in total. The van der Waals surface area contributed by atoms with Gasteiger partial charge >= 0.3 is 0 Å². The van der Waals surface area contributed by atoms with E-state index in [4.69, 9.17) is 0 Å². The maximum absolute atomic E-state index is 4.63. The molecule has 16 heteroatoms. The van der Waals surface area contributed by atoms with Crippen molar-refractivity contribution in [1.82, 2.24) is 79.7 Å². The lowest BCUT2D eigenvalue weighted by Gasteiger charge is -2.07. The largest absolute Gasteiger partial charge is 0.265 e. The smallest absolute Gasteiger partial charge is 0.178 e. The molecule has 17 aromatic rings. The van der Waals surface area contributed by atoms with Crippen molar-refractivity contribution in [3.63, 3.8) is 0 Å². The van der Waals surface area contributed by atoms with Gasteiger partial charge in [-0.1, -0.05) is 164 Å². The summed E-state index contributed by atoms with van der Waals surface area (Å²) in [5.41, 5.74) is 24.4. The summed E-state index contributed by atoms with van der Waals surface area (Å²) in [6.07, 6.45) is 28.6. The van der Waals surface area contributed by atoms with Crippen LogP contribution in [0.1, 0.15) is 39.3 Å². The van der Waals surface area contributed by atoms with Crippen LogP contribution >= 0.6 is 0 Å². The SMILES string of the molecule is Cc1cc(-c2ccccc2)cc(-c2ccccc2)n1.Cc1cc(-c2ccccc2)cc(-c2ccccn2)n1.Cc1cc(-c2ccccc2)cc(-c2cccnc2)n1.Cc1cnc(-c2ccccc2)nc1.Cc1cnc(-c2ccccn2)nc1.Cc1cnc(-c2cccnc2)nc1.Cc1cnc(-c2ccncc2)nc1. The molecule has 0 fully saturated rings. The van der Waals surface area contributed by atoms with E-state index in [0.717, 1.165) is 113 Å². The molecule has 109 heavy (non-hydrogen) atoms. The van der Waals surface area contributed by atoms with Gasteiger partial charge in [-0.25, -0.2) is 39.9 Å². The second kappa shape index (κ2) is 40.0. The van der Waals surface area contributed by atoms with Gasteiger partial charge in [0.1, 0.15) is 5.69 Å². The molecule has 0 aliphatic heterocycles. The van der Waals surface area contributed by atoms with Crippen LogP contribution in [-0.4, -0.2) is 79.7 Å². The molecule has 0 atom stereocenters. The molecule has 0 N–H and O–H groups in total. The minimum absolute atomic E-state index is 0.672. The minimum Gasteiger partial charge on any atom is -0.265 e. The monoisotopic (exact) mass is 1420 g/mol. The molecule has 17 rings (SSSR count). The molecular formula is C93H80N16. The topological polar surface area (TPSA) is 206 Å². The van der Waals surface area contributed by atoms with E-state index in [9.17, 15) is 0 Å². The van der Waals surface area contributed by atoms with Crippen molar-refractivity contribution in [3.05, 3.63) is 399 Å². The number of benzene rings is 5. The Morgan fingerprint density at radius 3 is 0.844 bits per heavy atom. The minimum atomic E-state index is 0.672. The Morgan fingerprint density at radius 2 is 0.468 bits per heavy atom. The van der Waals surface area contributed by atoms with Crippen molar-refractivity contribution < 1.29 is 0 Å². The predicted octanol–water partition coefficient (Wildman–Crippen LogP) is 21.0. The molecule has 0 bridgehead atoms. The van der Waals surface area contributed by atoms with Gasteiger partial charge in [-0.3, -0.25) is 39.9 Å². The summed E-state index contributed by atoms with van der Waals surface area (Å²) in [7, 11) is 0. The number of hydrogen-bond donors (Lipinski definition) is 0. The zero-order valence-corrected chi connectivity index (χ0v) is 61.7. The van der Waals surface area contributed by atoms with E-state index in [1.54, 1.807) is 68.2 Å². The molecule has 0 aliphatic rings. The molecule has 0 spiro atoms. The van der Waals surface area contributed by atoms with Crippen molar-refractivity contribution in [3.8, 4) is 113 Å². The fourth-order valence-electron chi connectivity index (χ4n) is 10.7. The molecule has 0 unspecified atom stereocenters. The van der Waals surface area contributed by atoms with Gasteiger partial charge in [-0.15, -0.1) is 0 Å². The van der Waals surface area contributed by atoms with Crippen molar-refractivity contribution >= 4 is 0 Å². The van der Waals surface area contributed by atoms with Crippen LogP contribution in [0.3, 0.4) is 0 Å². The van der Waals surface area contributed by atoms with Gasteiger partial charge in [0, 0.05) is 144 Å². The van der Waals surface area contributed by atoms with Crippen molar-refractivity contribution in [2.75, 3.05) is 0 Å². The van der Waals surface area contributed by atoms with E-state index < -0.39 is 0 Å². The normalized spacial score (nSPS) is 10.2.